The van der Waals surface area contributed by atoms with Crippen LogP contribution in [-0.4, -0.2) is 32.1 Å². The molecular formula is C19H22N2O4. The van der Waals surface area contributed by atoms with E-state index in [4.69, 9.17) is 9.47 Å². The maximum Gasteiger partial charge on any atom is 0.265 e. The molecule has 6 nitrogen and oxygen atoms in total. The van der Waals surface area contributed by atoms with Gasteiger partial charge in [0.05, 0.1) is 13.5 Å². The van der Waals surface area contributed by atoms with Gasteiger partial charge in [0.25, 0.3) is 5.91 Å². The van der Waals surface area contributed by atoms with Crippen LogP contribution in [-0.2, 0) is 16.0 Å². The summed E-state index contributed by atoms with van der Waals surface area (Å²) in [6.07, 6.45) is -0.389. The predicted octanol–water partition coefficient (Wildman–Crippen LogP) is 2.39. The van der Waals surface area contributed by atoms with Crippen molar-refractivity contribution in [3.05, 3.63) is 54.1 Å². The second-order valence-corrected chi connectivity index (χ2v) is 5.45. The average Bonchev–Trinajstić information content (AvgIpc) is 2.63. The van der Waals surface area contributed by atoms with Crippen molar-refractivity contribution < 1.29 is 19.1 Å². The molecule has 2 aromatic rings. The Balaban J connectivity index is 1.95. The molecule has 25 heavy (non-hydrogen) atoms. The first-order valence-electron chi connectivity index (χ1n) is 7.93. The Labute approximate surface area is 147 Å². The number of likely N-dealkylation sites (N-methyl/N-ethyl adjacent to an activating group) is 1. The van der Waals surface area contributed by atoms with E-state index in [9.17, 15) is 9.59 Å². The lowest BCUT2D eigenvalue weighted by molar-refractivity contribution is -0.122. The van der Waals surface area contributed by atoms with E-state index in [0.717, 1.165) is 5.56 Å². The smallest absolute Gasteiger partial charge is 0.265 e. The zero-order chi connectivity index (χ0) is 18.2. The molecule has 0 aliphatic heterocycles. The Morgan fingerprint density at radius 1 is 1.04 bits per heavy atom. The molecule has 0 aliphatic rings. The number of carbonyl (C=O) groups is 2. The first-order chi connectivity index (χ1) is 12.0. The summed E-state index contributed by atoms with van der Waals surface area (Å²) < 4.78 is 10.9. The van der Waals surface area contributed by atoms with E-state index in [1.54, 1.807) is 57.5 Å². The molecule has 1 unspecified atom stereocenters. The average molecular weight is 342 g/mol. The summed E-state index contributed by atoms with van der Waals surface area (Å²) in [7, 11) is 3.15. The van der Waals surface area contributed by atoms with Gasteiger partial charge < -0.3 is 20.1 Å². The number of anilines is 1. The molecule has 132 valence electrons. The Kier molecular flexibility index (Phi) is 6.39. The van der Waals surface area contributed by atoms with Crippen LogP contribution < -0.4 is 20.1 Å². The maximum atomic E-state index is 12.3. The fraction of sp³-hybridized carbons (Fsp3) is 0.263. The largest absolute Gasteiger partial charge is 0.493 e. The first kappa shape index (κ1) is 18.3. The molecule has 1 atom stereocenters. The van der Waals surface area contributed by atoms with Gasteiger partial charge in [-0.25, -0.2) is 0 Å². The van der Waals surface area contributed by atoms with Crippen LogP contribution in [0.4, 0.5) is 5.69 Å². The number of amides is 2. The number of para-hydroxylation sites is 2. The minimum Gasteiger partial charge on any atom is -0.493 e. The summed E-state index contributed by atoms with van der Waals surface area (Å²) in [4.78, 5) is 23.6. The van der Waals surface area contributed by atoms with Crippen LogP contribution in [0.25, 0.3) is 0 Å². The molecule has 0 fully saturated rings. The van der Waals surface area contributed by atoms with Crippen molar-refractivity contribution in [2.45, 2.75) is 19.4 Å². The lowest BCUT2D eigenvalue weighted by Crippen LogP contribution is -2.30. The quantitative estimate of drug-likeness (QED) is 0.810. The molecule has 0 spiro atoms. The van der Waals surface area contributed by atoms with Gasteiger partial charge in [-0.3, -0.25) is 9.59 Å². The van der Waals surface area contributed by atoms with Crippen LogP contribution in [0.15, 0.2) is 48.5 Å². The highest BCUT2D eigenvalue weighted by Gasteiger charge is 2.16. The standard InChI is InChI=1S/C19H22N2O4/c1-13(25-17-7-5-4-6-16(17)24-3)19(23)21-15-10-8-14(9-11-15)12-18(22)20-2/h4-11,13H,12H2,1-3H3,(H,20,22)(H,21,23). The Morgan fingerprint density at radius 3 is 2.28 bits per heavy atom. The highest BCUT2D eigenvalue weighted by Crippen LogP contribution is 2.27. The van der Waals surface area contributed by atoms with Crippen LogP contribution in [0, 0.1) is 0 Å². The molecule has 2 N–H and O–H groups in total. The summed E-state index contributed by atoms with van der Waals surface area (Å²) >= 11 is 0. The van der Waals surface area contributed by atoms with Gasteiger partial charge in [0.2, 0.25) is 5.91 Å². The van der Waals surface area contributed by atoms with Crippen molar-refractivity contribution in [1.29, 1.82) is 0 Å². The molecule has 0 bridgehead atoms. The molecule has 0 radical (unpaired) electrons. The van der Waals surface area contributed by atoms with E-state index in [-0.39, 0.29) is 11.8 Å². The molecule has 2 aromatic carbocycles. The third-order valence-electron chi connectivity index (χ3n) is 3.61. The lowest BCUT2D eigenvalue weighted by atomic mass is 10.1. The third kappa shape index (κ3) is 5.24. The molecule has 2 rings (SSSR count). The Hall–Kier alpha value is -3.02. The number of methoxy groups -OCH3 is 1. The molecule has 0 saturated carbocycles. The van der Waals surface area contributed by atoms with Gasteiger partial charge in [-0.2, -0.15) is 0 Å². The zero-order valence-electron chi connectivity index (χ0n) is 14.5. The van der Waals surface area contributed by atoms with Gasteiger partial charge in [0, 0.05) is 12.7 Å². The van der Waals surface area contributed by atoms with Gasteiger partial charge in [-0.15, -0.1) is 0 Å². The normalized spacial score (nSPS) is 11.3. The topological polar surface area (TPSA) is 76.7 Å². The van der Waals surface area contributed by atoms with Crippen molar-refractivity contribution in [1.82, 2.24) is 5.32 Å². The molecule has 0 aliphatic carbocycles. The van der Waals surface area contributed by atoms with Gasteiger partial charge in [0.1, 0.15) is 0 Å². The van der Waals surface area contributed by atoms with Crippen LogP contribution in [0.1, 0.15) is 12.5 Å². The van der Waals surface area contributed by atoms with Gasteiger partial charge in [-0.1, -0.05) is 24.3 Å². The SMILES string of the molecule is CNC(=O)Cc1ccc(NC(=O)C(C)Oc2ccccc2OC)cc1. The minimum absolute atomic E-state index is 0.0596. The number of carbonyl (C=O) groups excluding carboxylic acids is 2. The number of rotatable bonds is 7. The monoisotopic (exact) mass is 342 g/mol. The third-order valence-corrected chi connectivity index (χ3v) is 3.61. The number of benzene rings is 2. The highest BCUT2D eigenvalue weighted by atomic mass is 16.5. The fourth-order valence-corrected chi connectivity index (χ4v) is 2.18. The van der Waals surface area contributed by atoms with Crippen molar-refractivity contribution >= 4 is 17.5 Å². The predicted molar refractivity (Wildman–Crippen MR) is 95.9 cm³/mol. The molecule has 6 heteroatoms. The van der Waals surface area contributed by atoms with Crippen molar-refractivity contribution in [3.63, 3.8) is 0 Å². The van der Waals surface area contributed by atoms with Crippen LogP contribution >= 0.6 is 0 Å². The van der Waals surface area contributed by atoms with E-state index >= 15 is 0 Å². The molecular weight excluding hydrogens is 320 g/mol. The van der Waals surface area contributed by atoms with Crippen LogP contribution in [0.2, 0.25) is 0 Å². The number of hydrogen-bond acceptors (Lipinski definition) is 4. The van der Waals surface area contributed by atoms with E-state index in [2.05, 4.69) is 10.6 Å². The molecule has 0 aromatic heterocycles. The number of ether oxygens (including phenoxy) is 2. The summed E-state index contributed by atoms with van der Waals surface area (Å²) in [5, 5.41) is 5.36. The van der Waals surface area contributed by atoms with Gasteiger partial charge in [-0.05, 0) is 36.8 Å². The summed E-state index contributed by atoms with van der Waals surface area (Å²) in [5.41, 5.74) is 1.51. The molecule has 0 saturated heterocycles. The highest BCUT2D eigenvalue weighted by molar-refractivity contribution is 5.94. The van der Waals surface area contributed by atoms with Crippen molar-refractivity contribution in [2.24, 2.45) is 0 Å². The van der Waals surface area contributed by atoms with Crippen molar-refractivity contribution in [2.75, 3.05) is 19.5 Å². The zero-order valence-corrected chi connectivity index (χ0v) is 14.5. The summed E-state index contributed by atoms with van der Waals surface area (Å²) in [6, 6.07) is 14.3. The van der Waals surface area contributed by atoms with Crippen LogP contribution in [0.5, 0.6) is 11.5 Å². The van der Waals surface area contributed by atoms with E-state index in [0.29, 0.717) is 23.6 Å². The first-order valence-corrected chi connectivity index (χ1v) is 7.93. The Bertz CT molecular complexity index is 728. The number of nitrogens with one attached hydrogen (secondary N) is 2. The van der Waals surface area contributed by atoms with Crippen LogP contribution in [0.3, 0.4) is 0 Å². The second kappa shape index (κ2) is 8.73. The maximum absolute atomic E-state index is 12.3. The Morgan fingerprint density at radius 2 is 1.68 bits per heavy atom. The van der Waals surface area contributed by atoms with E-state index < -0.39 is 6.10 Å². The van der Waals surface area contributed by atoms with E-state index in [1.165, 1.54) is 0 Å². The summed E-state index contributed by atoms with van der Waals surface area (Å²) in [5.74, 6) is 0.745. The number of hydrogen-bond donors (Lipinski definition) is 2. The lowest BCUT2D eigenvalue weighted by Gasteiger charge is -2.16. The minimum atomic E-state index is -0.693. The van der Waals surface area contributed by atoms with E-state index in [1.807, 2.05) is 12.1 Å². The summed E-state index contributed by atoms with van der Waals surface area (Å²) in [6.45, 7) is 1.67. The molecule has 0 heterocycles. The second-order valence-electron chi connectivity index (χ2n) is 5.45. The van der Waals surface area contributed by atoms with Gasteiger partial charge in [0.15, 0.2) is 17.6 Å². The van der Waals surface area contributed by atoms with Gasteiger partial charge >= 0.3 is 0 Å². The molecule has 2 amide bonds. The van der Waals surface area contributed by atoms with Crippen molar-refractivity contribution in [3.8, 4) is 11.5 Å². The fourth-order valence-electron chi connectivity index (χ4n) is 2.18.